The van der Waals surface area contributed by atoms with Crippen LogP contribution in [0.1, 0.15) is 107 Å². The van der Waals surface area contributed by atoms with E-state index in [1.807, 2.05) is 85.9 Å². The predicted octanol–water partition coefficient (Wildman–Crippen LogP) is 6.29. The summed E-state index contributed by atoms with van der Waals surface area (Å²) >= 11 is 5.96. The van der Waals surface area contributed by atoms with E-state index in [1.54, 1.807) is 82.2 Å². The molecule has 0 spiro atoms. The maximum Gasteiger partial charge on any atom is 0.328 e. The summed E-state index contributed by atoms with van der Waals surface area (Å²) < 4.78 is 26.9. The highest BCUT2D eigenvalue weighted by atomic mass is 35.5. The Morgan fingerprint density at radius 2 is 0.691 bits per heavy atom. The Morgan fingerprint density at radius 3 is 0.956 bits per heavy atom. The van der Waals surface area contributed by atoms with Gasteiger partial charge in [0.1, 0.15) is 140 Å². The van der Waals surface area contributed by atoms with E-state index < -0.39 is 24.1 Å². The number of rotatable bonds is 30. The SMILES string of the molecule is CC(C)Oc1cc(NC(=O)N(C)c2ccc(CN3CCN(C)CC3=O)c(C=O)n2)ncc1C#N.CN1CCN(Cc2ccc(N(C)C(=O)Nc3cc(Cl)c(C#N)cn3)nc2C=O)C(=O)C1.COCCOc1cc(NC(=O)N(C)c2ccc(CN3CCN(C)CC3=O)c(C=O)n2)ncc1C#N.COC[C@@H](C)Oc1cc(NC(=O)N(C)c2ccc(CN3CCN(C)CC3=O)c(C=O)n2)ncc1C#N. The van der Waals surface area contributed by atoms with Crippen molar-refractivity contribution >= 4 is 131 Å². The van der Waals surface area contributed by atoms with Gasteiger partial charge in [-0.1, -0.05) is 35.9 Å². The van der Waals surface area contributed by atoms with Crippen LogP contribution < -0.4 is 55.1 Å². The Morgan fingerprint density at radius 1 is 0.412 bits per heavy atom. The molecule has 46 heteroatoms. The van der Waals surface area contributed by atoms with Crippen molar-refractivity contribution in [3.8, 4) is 41.5 Å². The number of pyridine rings is 8. The van der Waals surface area contributed by atoms with Crippen LogP contribution in [0.2, 0.25) is 5.02 Å². The first kappa shape index (κ1) is 104. The van der Waals surface area contributed by atoms with E-state index >= 15 is 0 Å². The van der Waals surface area contributed by atoms with Gasteiger partial charge in [0.05, 0.1) is 74.7 Å². The van der Waals surface area contributed by atoms with E-state index in [1.165, 1.54) is 104 Å². The number of ether oxygens (including phenoxy) is 5. The molecule has 4 aliphatic rings. The number of halogens is 1. The number of hydrogen-bond acceptors (Lipinski definition) is 33. The van der Waals surface area contributed by atoms with Gasteiger partial charge in [-0.2, -0.15) is 21.0 Å². The number of methoxy groups -OCH3 is 2. The number of urea groups is 4. The minimum absolute atomic E-state index is 0.0121. The number of nitriles is 4. The Hall–Kier alpha value is -15.8. The Bertz CT molecular complexity index is 5910. The van der Waals surface area contributed by atoms with Crippen molar-refractivity contribution in [1.82, 2.24) is 79.1 Å². The average molecular weight is 1880 g/mol. The molecular formula is C90H103ClN28O17. The normalized spacial score (nSPS) is 14.1. The van der Waals surface area contributed by atoms with Crippen molar-refractivity contribution in [2.75, 3.05) is 210 Å². The number of nitrogens with one attached hydrogen (secondary N) is 4. The fraction of sp³-hybridized carbons (Fsp3) is 0.378. The minimum Gasteiger partial charge on any atom is -0.490 e. The Balaban J connectivity index is 0.000000204. The molecule has 4 N–H and O–H groups in total. The summed E-state index contributed by atoms with van der Waals surface area (Å²) in [5.41, 5.74) is 3.92. The summed E-state index contributed by atoms with van der Waals surface area (Å²) in [6.45, 7) is 14.0. The van der Waals surface area contributed by atoms with Crippen LogP contribution in [0.5, 0.6) is 17.2 Å². The number of carbonyl (C=O) groups is 12. The molecule has 12 heterocycles. The van der Waals surface area contributed by atoms with Gasteiger partial charge < -0.3 is 43.3 Å². The van der Waals surface area contributed by atoms with Gasteiger partial charge in [-0.15, -0.1) is 0 Å². The molecule has 4 fully saturated rings. The van der Waals surface area contributed by atoms with Crippen LogP contribution in [-0.4, -0.2) is 333 Å². The number of aldehydes is 4. The Labute approximate surface area is 789 Å². The molecule has 8 aromatic rings. The lowest BCUT2D eigenvalue weighted by atomic mass is 10.1. The summed E-state index contributed by atoms with van der Waals surface area (Å²) in [5, 5.41) is 47.3. The second-order valence-corrected chi connectivity index (χ2v) is 32.0. The number of amides is 12. The summed E-state index contributed by atoms with van der Waals surface area (Å²) in [6.07, 6.45) is 7.15. The first-order valence-electron chi connectivity index (χ1n) is 42.2. The average Bonchev–Trinajstić information content (AvgIpc) is 0.827. The lowest BCUT2D eigenvalue weighted by Gasteiger charge is -2.32. The van der Waals surface area contributed by atoms with Gasteiger partial charge in [0, 0.05) is 174 Å². The van der Waals surface area contributed by atoms with Crippen LogP contribution in [0, 0.1) is 45.3 Å². The van der Waals surface area contributed by atoms with E-state index in [-0.39, 0.29) is 177 Å². The molecule has 0 unspecified atom stereocenters. The van der Waals surface area contributed by atoms with E-state index in [0.29, 0.717) is 119 Å². The van der Waals surface area contributed by atoms with Crippen molar-refractivity contribution < 1.29 is 81.2 Å². The van der Waals surface area contributed by atoms with E-state index in [4.69, 9.17) is 40.5 Å². The highest BCUT2D eigenvalue weighted by Gasteiger charge is 2.30. The third-order valence-electron chi connectivity index (χ3n) is 21.0. The monoisotopic (exact) mass is 1880 g/mol. The Kier molecular flexibility index (Phi) is 38.4. The van der Waals surface area contributed by atoms with Crippen LogP contribution >= 0.6 is 11.6 Å². The van der Waals surface area contributed by atoms with Crippen molar-refractivity contribution in [1.29, 1.82) is 21.0 Å². The van der Waals surface area contributed by atoms with Gasteiger partial charge in [-0.05, 0) is 73.2 Å². The lowest BCUT2D eigenvalue weighted by molar-refractivity contribution is -0.136. The fourth-order valence-electron chi connectivity index (χ4n) is 13.3. The summed E-state index contributed by atoms with van der Waals surface area (Å²) in [6, 6.07) is 24.6. The molecule has 8 aromatic heterocycles. The second-order valence-electron chi connectivity index (χ2n) is 31.6. The number of piperazine rings is 4. The first-order valence-corrected chi connectivity index (χ1v) is 42.6. The van der Waals surface area contributed by atoms with Crippen LogP contribution in [-0.2, 0) is 54.8 Å². The first-order chi connectivity index (χ1) is 65.1. The number of nitrogens with zero attached hydrogens (tertiary/aromatic N) is 24. The molecule has 0 saturated carbocycles. The van der Waals surface area contributed by atoms with Gasteiger partial charge in [0.25, 0.3) is 0 Å². The maximum atomic E-state index is 12.8. The van der Waals surface area contributed by atoms with Gasteiger partial charge >= 0.3 is 24.1 Å². The van der Waals surface area contributed by atoms with Crippen LogP contribution in [0.3, 0.4) is 0 Å². The fourth-order valence-corrected chi connectivity index (χ4v) is 13.5. The molecule has 4 aliphatic heterocycles. The highest BCUT2D eigenvalue weighted by molar-refractivity contribution is 6.32. The number of carbonyl (C=O) groups excluding carboxylic acids is 12. The molecule has 136 heavy (non-hydrogen) atoms. The van der Waals surface area contributed by atoms with Crippen molar-refractivity contribution in [2.24, 2.45) is 0 Å². The van der Waals surface area contributed by atoms with Crippen molar-refractivity contribution in [2.45, 2.75) is 59.2 Å². The van der Waals surface area contributed by atoms with E-state index in [9.17, 15) is 73.3 Å². The maximum absolute atomic E-state index is 12.8. The molecule has 0 radical (unpaired) electrons. The smallest absolute Gasteiger partial charge is 0.328 e. The van der Waals surface area contributed by atoms with Gasteiger partial charge in [0.2, 0.25) is 23.6 Å². The zero-order valence-electron chi connectivity index (χ0n) is 77.2. The second kappa shape index (κ2) is 50.2. The zero-order valence-corrected chi connectivity index (χ0v) is 77.9. The van der Waals surface area contributed by atoms with Crippen molar-refractivity contribution in [3.63, 3.8) is 0 Å². The minimum atomic E-state index is -0.561. The van der Waals surface area contributed by atoms with Crippen molar-refractivity contribution in [3.05, 3.63) is 170 Å². The molecule has 12 amide bonds. The molecule has 0 aliphatic carbocycles. The standard InChI is InChI=1S/C24H29N7O5.C23H27N7O5.C23H27N7O4.C20H20ClN7O3/c1-16(15-35-4)36-20-9-21(26-11-18(20)10-25)28-24(34)30(3)22-6-5-17(19(14-32)27-22)12-31-8-7-29(2)13-23(31)33;1-28-6-7-30(22(32)14-28)13-16-4-5-21(26-18(16)15-31)29(2)23(33)27-20-10-19(35-9-8-34-3)17(11-24)12-25-20;1-15(2)34-19-9-20(25-11-17(19)10-24)27-23(33)29(4)21-6-5-16(18(14-31)26-21)12-30-8-7-28(3)13-22(30)32;1-26-5-6-28(19(30)11-26)10-13-3-4-18(24-16(13)12-29)27(2)20(31)25-17-7-15(21)14(8-22)9-23-17/h5-6,9,11,14,16H,7-8,12-13,15H2,1-4H3,(H,26,28,34);4-5,10,12,15H,6-9,13-14H2,1-3H3,(H,25,27,33);5-6,9,11,14-15H,7-8,12-13H2,1-4H3,(H,25,27,33);3-4,7,9,12H,5-6,10-11H2,1-2H3,(H,23,25,31)/t16-;;;/m1.../s1. The third kappa shape index (κ3) is 29.1. The van der Waals surface area contributed by atoms with E-state index in [2.05, 4.69) is 61.1 Å². The largest absolute Gasteiger partial charge is 0.490 e. The molecule has 1 atom stereocenters. The zero-order chi connectivity index (χ0) is 99.0. The van der Waals surface area contributed by atoms with Crippen LogP contribution in [0.4, 0.5) is 65.7 Å². The predicted molar refractivity (Wildman–Crippen MR) is 496 cm³/mol. The number of aromatic nitrogens is 8. The summed E-state index contributed by atoms with van der Waals surface area (Å²) in [7, 11) is 16.6. The summed E-state index contributed by atoms with van der Waals surface area (Å²) in [5.74, 6) is 2.47. The van der Waals surface area contributed by atoms with Crippen LogP contribution in [0.15, 0.2) is 97.6 Å². The van der Waals surface area contributed by atoms with Gasteiger partial charge in [0.15, 0.2) is 25.1 Å². The number of anilines is 8. The lowest BCUT2D eigenvalue weighted by Crippen LogP contribution is -2.48. The topological polar surface area (TPSA) is 536 Å². The third-order valence-corrected chi connectivity index (χ3v) is 21.3. The van der Waals surface area contributed by atoms with Gasteiger partial charge in [-0.25, -0.2) is 59.0 Å². The quantitative estimate of drug-likeness (QED) is 0.0284. The molecule has 4 saturated heterocycles. The molecule has 712 valence electrons. The molecule has 45 nitrogen and oxygen atoms in total. The number of likely N-dealkylation sites (N-methyl/N-ethyl adjacent to an activating group) is 4. The molecular weight excluding hydrogens is 1780 g/mol. The van der Waals surface area contributed by atoms with Crippen LogP contribution in [0.25, 0.3) is 0 Å². The number of hydrogen-bond donors (Lipinski definition) is 4. The van der Waals surface area contributed by atoms with Gasteiger partial charge in [-0.3, -0.25) is 98.8 Å². The highest BCUT2D eigenvalue weighted by Crippen LogP contribution is 2.29. The molecule has 0 aromatic carbocycles. The molecule has 12 rings (SSSR count). The summed E-state index contributed by atoms with van der Waals surface area (Å²) in [4.78, 5) is 199. The van der Waals surface area contributed by atoms with E-state index in [0.717, 1.165) is 26.2 Å². The molecule has 0 bridgehead atoms.